The van der Waals surface area contributed by atoms with Gasteiger partial charge >= 0.3 is 0 Å². The molecule has 2 nitrogen and oxygen atoms in total. The average Bonchev–Trinajstić information content (AvgIpc) is 2.35. The second-order valence-corrected chi connectivity index (χ2v) is 7.13. The smallest absolute Gasteiger partial charge is 0.252 e. The molecule has 98 valence electrons. The lowest BCUT2D eigenvalue weighted by Crippen LogP contribution is -2.37. The van der Waals surface area contributed by atoms with Crippen LogP contribution < -0.4 is 5.32 Å². The van der Waals surface area contributed by atoms with E-state index in [1.54, 1.807) is 18.2 Å². The average molecular weight is 396 g/mol. The van der Waals surface area contributed by atoms with Gasteiger partial charge in [-0.05, 0) is 59.8 Å². The number of rotatable bonds is 2. The Morgan fingerprint density at radius 2 is 1.94 bits per heavy atom. The summed E-state index contributed by atoms with van der Waals surface area (Å²) in [6.45, 7) is 0. The number of halogens is 3. The summed E-state index contributed by atoms with van der Waals surface area (Å²) in [5.74, 6) is -0.0533. The summed E-state index contributed by atoms with van der Waals surface area (Å²) in [5, 5.41) is 3.65. The van der Waals surface area contributed by atoms with Crippen molar-refractivity contribution in [2.75, 3.05) is 0 Å². The first kappa shape index (κ1) is 14.4. The number of hydrogen-bond donors (Lipinski definition) is 1. The summed E-state index contributed by atoms with van der Waals surface area (Å²) in [5.41, 5.74) is 0.600. The fourth-order valence-corrected chi connectivity index (χ4v) is 3.26. The van der Waals surface area contributed by atoms with Gasteiger partial charge < -0.3 is 5.32 Å². The highest BCUT2D eigenvalue weighted by Gasteiger charge is 2.21. The molecule has 0 saturated heterocycles. The first-order chi connectivity index (χ1) is 8.56. The van der Waals surface area contributed by atoms with Crippen molar-refractivity contribution in [2.45, 2.75) is 36.6 Å². The molecule has 1 aliphatic rings. The van der Waals surface area contributed by atoms with E-state index in [9.17, 15) is 4.79 Å². The zero-order chi connectivity index (χ0) is 13.1. The second kappa shape index (κ2) is 6.40. The highest BCUT2D eigenvalue weighted by Crippen LogP contribution is 2.25. The lowest BCUT2D eigenvalue weighted by atomic mass is 9.95. The number of carbonyl (C=O) groups is 1. The summed E-state index contributed by atoms with van der Waals surface area (Å²) in [4.78, 5) is 12.8. The molecule has 0 radical (unpaired) electrons. The number of nitrogens with one attached hydrogen (secondary N) is 1. The van der Waals surface area contributed by atoms with Gasteiger partial charge in [-0.2, -0.15) is 0 Å². The van der Waals surface area contributed by atoms with Crippen LogP contribution >= 0.6 is 43.5 Å². The Bertz CT molecular complexity index is 445. The molecule has 0 bridgehead atoms. The van der Waals surface area contributed by atoms with Crippen molar-refractivity contribution in [1.82, 2.24) is 5.32 Å². The predicted molar refractivity (Wildman–Crippen MR) is 81.6 cm³/mol. The largest absolute Gasteiger partial charge is 0.349 e. The molecule has 18 heavy (non-hydrogen) atoms. The van der Waals surface area contributed by atoms with Crippen LogP contribution in [0.2, 0.25) is 5.02 Å². The molecular formula is C13H14Br2ClNO. The van der Waals surface area contributed by atoms with Crippen LogP contribution in [0, 0.1) is 0 Å². The third-order valence-corrected chi connectivity index (χ3v) is 5.01. The van der Waals surface area contributed by atoms with Crippen LogP contribution in [0.4, 0.5) is 0 Å². The van der Waals surface area contributed by atoms with E-state index in [2.05, 4.69) is 37.2 Å². The highest BCUT2D eigenvalue weighted by atomic mass is 79.9. The van der Waals surface area contributed by atoms with Gasteiger partial charge in [0.05, 0.1) is 5.56 Å². The molecule has 1 amide bonds. The van der Waals surface area contributed by atoms with Gasteiger partial charge in [0.2, 0.25) is 0 Å². The molecule has 1 saturated carbocycles. The van der Waals surface area contributed by atoms with Gasteiger partial charge in [-0.15, -0.1) is 0 Å². The number of benzene rings is 1. The van der Waals surface area contributed by atoms with Gasteiger partial charge in [0.25, 0.3) is 5.91 Å². The van der Waals surface area contributed by atoms with Crippen molar-refractivity contribution in [1.29, 1.82) is 0 Å². The van der Waals surface area contributed by atoms with Crippen molar-refractivity contribution in [2.24, 2.45) is 0 Å². The van der Waals surface area contributed by atoms with E-state index < -0.39 is 0 Å². The third kappa shape index (κ3) is 3.72. The maximum Gasteiger partial charge on any atom is 0.252 e. The predicted octanol–water partition coefficient (Wildman–Crippen LogP) is 4.54. The minimum absolute atomic E-state index is 0.0533. The monoisotopic (exact) mass is 393 g/mol. The standard InChI is InChI=1S/C13H14Br2ClNO/c14-8-1-4-10(5-2-8)17-13(18)11-7-9(16)3-6-12(11)15/h3,6-8,10H,1-2,4-5H2,(H,17,18). The molecule has 1 aromatic carbocycles. The molecule has 0 heterocycles. The van der Waals surface area contributed by atoms with Gasteiger partial charge in [0.1, 0.15) is 0 Å². The van der Waals surface area contributed by atoms with Gasteiger partial charge in [-0.25, -0.2) is 0 Å². The van der Waals surface area contributed by atoms with E-state index in [0.717, 1.165) is 30.2 Å². The second-order valence-electron chi connectivity index (χ2n) is 4.55. The SMILES string of the molecule is O=C(NC1CCC(Br)CC1)c1cc(Cl)ccc1Br. The zero-order valence-electron chi connectivity index (χ0n) is 9.76. The van der Waals surface area contributed by atoms with Crippen molar-refractivity contribution in [3.63, 3.8) is 0 Å². The van der Waals surface area contributed by atoms with Gasteiger partial charge in [0, 0.05) is 20.4 Å². The molecule has 2 rings (SSSR count). The van der Waals surface area contributed by atoms with Crippen LogP contribution in [0.25, 0.3) is 0 Å². The van der Waals surface area contributed by atoms with Crippen LogP contribution in [0.3, 0.4) is 0 Å². The third-order valence-electron chi connectivity index (χ3n) is 3.16. The number of alkyl halides is 1. The molecule has 1 aromatic rings. The summed E-state index contributed by atoms with van der Waals surface area (Å²) < 4.78 is 0.776. The zero-order valence-corrected chi connectivity index (χ0v) is 13.7. The number of amides is 1. The van der Waals surface area contributed by atoms with Crippen LogP contribution in [0.1, 0.15) is 36.0 Å². The lowest BCUT2D eigenvalue weighted by Gasteiger charge is -2.26. The first-order valence-corrected chi connectivity index (χ1v) is 8.05. The Morgan fingerprint density at radius 1 is 1.28 bits per heavy atom. The van der Waals surface area contributed by atoms with E-state index in [-0.39, 0.29) is 11.9 Å². The molecule has 1 aliphatic carbocycles. The summed E-state index contributed by atoms with van der Waals surface area (Å²) in [6, 6.07) is 5.53. The molecule has 0 aliphatic heterocycles. The number of hydrogen-bond acceptors (Lipinski definition) is 1. The van der Waals surface area contributed by atoms with E-state index in [0.29, 0.717) is 15.4 Å². The van der Waals surface area contributed by atoms with Gasteiger partial charge in [0.15, 0.2) is 0 Å². The van der Waals surface area contributed by atoms with E-state index in [4.69, 9.17) is 11.6 Å². The van der Waals surface area contributed by atoms with E-state index in [1.165, 1.54) is 0 Å². The Hall–Kier alpha value is -0.0600. The highest BCUT2D eigenvalue weighted by molar-refractivity contribution is 9.10. The lowest BCUT2D eigenvalue weighted by molar-refractivity contribution is 0.0927. The minimum atomic E-state index is -0.0533. The van der Waals surface area contributed by atoms with Crippen LogP contribution in [-0.2, 0) is 0 Å². The topological polar surface area (TPSA) is 29.1 Å². The Balaban J connectivity index is 2.01. The minimum Gasteiger partial charge on any atom is -0.349 e. The van der Waals surface area contributed by atoms with Crippen molar-refractivity contribution in [3.8, 4) is 0 Å². The Kier molecular flexibility index (Phi) is 5.10. The van der Waals surface area contributed by atoms with E-state index in [1.807, 2.05) is 0 Å². The normalized spacial score (nSPS) is 23.7. The van der Waals surface area contributed by atoms with Crippen LogP contribution in [-0.4, -0.2) is 16.8 Å². The maximum absolute atomic E-state index is 12.2. The number of carbonyl (C=O) groups excluding carboxylic acids is 1. The maximum atomic E-state index is 12.2. The molecule has 0 spiro atoms. The first-order valence-electron chi connectivity index (χ1n) is 5.96. The van der Waals surface area contributed by atoms with Gasteiger partial charge in [-0.1, -0.05) is 27.5 Å². The van der Waals surface area contributed by atoms with Crippen molar-refractivity contribution < 1.29 is 4.79 Å². The molecule has 1 fully saturated rings. The molecule has 1 N–H and O–H groups in total. The molecule has 0 aromatic heterocycles. The fraction of sp³-hybridized carbons (Fsp3) is 0.462. The molecule has 0 unspecified atom stereocenters. The Morgan fingerprint density at radius 3 is 2.61 bits per heavy atom. The van der Waals surface area contributed by atoms with Gasteiger partial charge in [-0.3, -0.25) is 4.79 Å². The fourth-order valence-electron chi connectivity index (χ4n) is 2.13. The van der Waals surface area contributed by atoms with E-state index >= 15 is 0 Å². The molecule has 5 heteroatoms. The van der Waals surface area contributed by atoms with Crippen molar-refractivity contribution >= 4 is 49.4 Å². The molecular weight excluding hydrogens is 381 g/mol. The van der Waals surface area contributed by atoms with Crippen molar-refractivity contribution in [3.05, 3.63) is 33.3 Å². The summed E-state index contributed by atoms with van der Waals surface area (Å²) in [6.07, 6.45) is 4.28. The quantitative estimate of drug-likeness (QED) is 0.732. The van der Waals surface area contributed by atoms with Crippen LogP contribution in [0.15, 0.2) is 22.7 Å². The summed E-state index contributed by atoms with van der Waals surface area (Å²) >= 11 is 12.9. The van der Waals surface area contributed by atoms with Crippen LogP contribution in [0.5, 0.6) is 0 Å². The Labute approximate surface area is 129 Å². The summed E-state index contributed by atoms with van der Waals surface area (Å²) in [7, 11) is 0. The molecule has 0 atom stereocenters.